The minimum atomic E-state index is -0.161. The van der Waals surface area contributed by atoms with Crippen molar-refractivity contribution in [3.8, 4) is 0 Å². The van der Waals surface area contributed by atoms with Crippen molar-refractivity contribution in [1.82, 2.24) is 25.0 Å². The Morgan fingerprint density at radius 2 is 2.14 bits per heavy atom. The molecule has 1 fully saturated rings. The van der Waals surface area contributed by atoms with Crippen molar-refractivity contribution in [2.24, 2.45) is 5.92 Å². The largest absolute Gasteiger partial charge is 0.336 e. The summed E-state index contributed by atoms with van der Waals surface area (Å²) >= 11 is 0. The van der Waals surface area contributed by atoms with Crippen LogP contribution in [0.15, 0.2) is 35.1 Å². The SMILES string of the molecule is CN(C)CCN(C[C@@H]1CCCN(Cc2ccccc2F)C1)C(=O)c1cnon1. The zero-order valence-electron chi connectivity index (χ0n) is 16.6. The summed E-state index contributed by atoms with van der Waals surface area (Å²) in [5.74, 6) is 0.0202. The van der Waals surface area contributed by atoms with Crippen molar-refractivity contribution < 1.29 is 13.8 Å². The molecule has 2 aromatic rings. The van der Waals surface area contributed by atoms with Gasteiger partial charge in [-0.3, -0.25) is 9.69 Å². The molecule has 28 heavy (non-hydrogen) atoms. The van der Waals surface area contributed by atoms with Gasteiger partial charge in [-0.1, -0.05) is 23.4 Å². The lowest BCUT2D eigenvalue weighted by Gasteiger charge is -2.36. The number of carbonyl (C=O) groups is 1. The number of hydrogen-bond donors (Lipinski definition) is 0. The fraction of sp³-hybridized carbons (Fsp3) is 0.550. The maximum absolute atomic E-state index is 14.0. The van der Waals surface area contributed by atoms with Crippen LogP contribution in [0.3, 0.4) is 0 Å². The number of carbonyl (C=O) groups excluding carboxylic acids is 1. The summed E-state index contributed by atoms with van der Waals surface area (Å²) in [6.07, 6.45) is 3.45. The molecule has 1 aliphatic rings. The predicted octanol–water partition coefficient (Wildman–Crippen LogP) is 2.12. The van der Waals surface area contributed by atoms with Gasteiger partial charge in [0.05, 0.1) is 0 Å². The van der Waals surface area contributed by atoms with E-state index in [4.69, 9.17) is 0 Å². The Labute approximate surface area is 165 Å². The van der Waals surface area contributed by atoms with Crippen LogP contribution in [-0.2, 0) is 6.54 Å². The number of likely N-dealkylation sites (tertiary alicyclic amines) is 1. The molecule has 2 heterocycles. The molecule has 0 aliphatic carbocycles. The summed E-state index contributed by atoms with van der Waals surface area (Å²) in [5, 5.41) is 7.24. The molecular formula is C20H28FN5O2. The maximum atomic E-state index is 14.0. The monoisotopic (exact) mass is 389 g/mol. The second-order valence-electron chi connectivity index (χ2n) is 7.68. The van der Waals surface area contributed by atoms with Gasteiger partial charge in [-0.25, -0.2) is 9.02 Å². The van der Waals surface area contributed by atoms with Gasteiger partial charge in [-0.05, 0) is 50.6 Å². The van der Waals surface area contributed by atoms with Gasteiger partial charge >= 0.3 is 0 Å². The Hall–Kier alpha value is -2.32. The second-order valence-corrected chi connectivity index (χ2v) is 7.68. The van der Waals surface area contributed by atoms with Gasteiger partial charge in [0.15, 0.2) is 5.69 Å². The van der Waals surface area contributed by atoms with Gasteiger partial charge in [-0.15, -0.1) is 0 Å². The molecule has 1 aromatic heterocycles. The number of benzene rings is 1. The number of halogens is 1. The molecule has 1 saturated heterocycles. The van der Waals surface area contributed by atoms with Crippen LogP contribution in [0.5, 0.6) is 0 Å². The zero-order chi connectivity index (χ0) is 19.9. The number of aromatic nitrogens is 2. The summed E-state index contributed by atoms with van der Waals surface area (Å²) in [7, 11) is 3.97. The summed E-state index contributed by atoms with van der Waals surface area (Å²) in [6.45, 7) is 4.42. The molecule has 0 N–H and O–H groups in total. The van der Waals surface area contributed by atoms with Crippen LogP contribution in [0.4, 0.5) is 4.39 Å². The first-order valence-electron chi connectivity index (χ1n) is 9.70. The number of likely N-dealkylation sites (N-methyl/N-ethyl adjacent to an activating group) is 1. The molecule has 1 aliphatic heterocycles. The lowest BCUT2D eigenvalue weighted by molar-refractivity contribution is 0.0649. The van der Waals surface area contributed by atoms with E-state index in [1.165, 1.54) is 12.3 Å². The number of piperidine rings is 1. The molecule has 0 saturated carbocycles. The van der Waals surface area contributed by atoms with E-state index in [0.29, 0.717) is 25.6 Å². The molecule has 0 radical (unpaired) electrons. The molecule has 0 spiro atoms. The average molecular weight is 389 g/mol. The number of rotatable bonds is 8. The van der Waals surface area contributed by atoms with E-state index in [2.05, 4.69) is 19.8 Å². The number of nitrogens with zero attached hydrogens (tertiary/aromatic N) is 5. The highest BCUT2D eigenvalue weighted by Crippen LogP contribution is 2.21. The maximum Gasteiger partial charge on any atom is 0.277 e. The van der Waals surface area contributed by atoms with E-state index in [1.807, 2.05) is 36.0 Å². The fourth-order valence-corrected chi connectivity index (χ4v) is 3.64. The van der Waals surface area contributed by atoms with Gasteiger partial charge < -0.3 is 9.80 Å². The van der Waals surface area contributed by atoms with Gasteiger partial charge in [0.25, 0.3) is 5.91 Å². The van der Waals surface area contributed by atoms with Gasteiger partial charge in [0.2, 0.25) is 0 Å². The standard InChI is InChI=1S/C20H28FN5O2/c1-24(2)10-11-26(20(27)19-12-22-28-23-19)14-16-6-5-9-25(13-16)15-17-7-3-4-8-18(17)21/h3-4,7-8,12,16H,5-6,9-11,13-15H2,1-2H3/t16-/m1/s1. The Kier molecular flexibility index (Phi) is 7.11. The lowest BCUT2D eigenvalue weighted by atomic mass is 9.96. The van der Waals surface area contributed by atoms with Crippen LogP contribution in [0.1, 0.15) is 28.9 Å². The topological polar surface area (TPSA) is 65.7 Å². The normalized spacial score (nSPS) is 17.8. The van der Waals surface area contributed by atoms with E-state index < -0.39 is 0 Å². The summed E-state index contributed by atoms with van der Waals surface area (Å²) < 4.78 is 18.6. The molecule has 0 bridgehead atoms. The highest BCUT2D eigenvalue weighted by atomic mass is 19.1. The van der Waals surface area contributed by atoms with Crippen LogP contribution in [0, 0.1) is 11.7 Å². The molecule has 1 amide bonds. The van der Waals surface area contributed by atoms with Crippen LogP contribution in [0.2, 0.25) is 0 Å². The van der Waals surface area contributed by atoms with Crippen molar-refractivity contribution in [3.63, 3.8) is 0 Å². The summed E-state index contributed by atoms with van der Waals surface area (Å²) in [5.41, 5.74) is 0.954. The van der Waals surface area contributed by atoms with Crippen molar-refractivity contribution >= 4 is 5.91 Å². The van der Waals surface area contributed by atoms with Gasteiger partial charge in [-0.2, -0.15) is 0 Å². The van der Waals surface area contributed by atoms with Crippen molar-refractivity contribution in [2.45, 2.75) is 19.4 Å². The molecule has 7 nitrogen and oxygen atoms in total. The quantitative estimate of drug-likeness (QED) is 0.689. The van der Waals surface area contributed by atoms with E-state index in [9.17, 15) is 9.18 Å². The first-order valence-corrected chi connectivity index (χ1v) is 9.70. The fourth-order valence-electron chi connectivity index (χ4n) is 3.64. The molecule has 3 rings (SSSR count). The Morgan fingerprint density at radius 3 is 2.86 bits per heavy atom. The van der Waals surface area contributed by atoms with Crippen LogP contribution >= 0.6 is 0 Å². The summed E-state index contributed by atoms with van der Waals surface area (Å²) in [4.78, 5) is 18.9. The molecule has 0 unspecified atom stereocenters. The molecule has 8 heteroatoms. The van der Waals surface area contributed by atoms with Crippen molar-refractivity contribution in [3.05, 3.63) is 47.5 Å². The Morgan fingerprint density at radius 1 is 1.32 bits per heavy atom. The second kappa shape index (κ2) is 9.75. The lowest BCUT2D eigenvalue weighted by Crippen LogP contribution is -2.44. The third-order valence-electron chi connectivity index (χ3n) is 5.12. The van der Waals surface area contributed by atoms with Crippen LogP contribution in [0.25, 0.3) is 0 Å². The first-order chi connectivity index (χ1) is 13.5. The highest BCUT2D eigenvalue weighted by molar-refractivity contribution is 5.91. The van der Waals surface area contributed by atoms with Crippen molar-refractivity contribution in [1.29, 1.82) is 0 Å². The first kappa shape index (κ1) is 20.4. The van der Waals surface area contributed by atoms with E-state index >= 15 is 0 Å². The molecule has 152 valence electrons. The Bertz CT molecular complexity index is 753. The molecule has 1 aromatic carbocycles. The van der Waals surface area contributed by atoms with Gasteiger partial charge in [0, 0.05) is 38.3 Å². The van der Waals surface area contributed by atoms with E-state index in [-0.39, 0.29) is 17.4 Å². The third-order valence-corrected chi connectivity index (χ3v) is 5.12. The Balaban J connectivity index is 1.62. The molecular weight excluding hydrogens is 361 g/mol. The average Bonchev–Trinajstić information content (AvgIpc) is 3.21. The number of hydrogen-bond acceptors (Lipinski definition) is 6. The third kappa shape index (κ3) is 5.59. The smallest absolute Gasteiger partial charge is 0.277 e. The van der Waals surface area contributed by atoms with Crippen molar-refractivity contribution in [2.75, 3.05) is 46.8 Å². The predicted molar refractivity (Wildman–Crippen MR) is 103 cm³/mol. The zero-order valence-corrected chi connectivity index (χ0v) is 16.6. The minimum Gasteiger partial charge on any atom is -0.336 e. The minimum absolute atomic E-state index is 0.158. The summed E-state index contributed by atoms with van der Waals surface area (Å²) in [6, 6.07) is 6.92. The van der Waals surface area contributed by atoms with Crippen LogP contribution < -0.4 is 0 Å². The van der Waals surface area contributed by atoms with Crippen LogP contribution in [-0.4, -0.2) is 77.7 Å². The number of amides is 1. The highest BCUT2D eigenvalue weighted by Gasteiger charge is 2.26. The van der Waals surface area contributed by atoms with Gasteiger partial charge in [0.1, 0.15) is 12.0 Å². The van der Waals surface area contributed by atoms with E-state index in [0.717, 1.165) is 38.0 Å². The molecule has 1 atom stereocenters. The van der Waals surface area contributed by atoms with E-state index in [1.54, 1.807) is 6.07 Å².